The number of halogens is 1. The normalized spacial score (nSPS) is 9.47. The van der Waals surface area contributed by atoms with Gasteiger partial charge in [0.15, 0.2) is 5.69 Å². The molecule has 1 heterocycles. The van der Waals surface area contributed by atoms with E-state index in [1.165, 1.54) is 0 Å². The fraction of sp³-hybridized carbons (Fsp3) is 0.444. The lowest BCUT2D eigenvalue weighted by molar-refractivity contribution is 0.0514. The summed E-state index contributed by atoms with van der Waals surface area (Å²) in [4.78, 5) is 11.4. The lowest BCUT2D eigenvalue weighted by Crippen LogP contribution is -2.15. The number of hydrogen-bond donors (Lipinski definition) is 2. The van der Waals surface area contributed by atoms with Crippen LogP contribution in [0.2, 0.25) is 0 Å². The van der Waals surface area contributed by atoms with Gasteiger partial charge in [-0.1, -0.05) is 0 Å². The molecule has 0 fully saturated rings. The molecule has 1 aromatic rings. The van der Waals surface area contributed by atoms with Crippen LogP contribution in [0.4, 0.5) is 5.69 Å². The average Bonchev–Trinajstić information content (AvgIpc) is 2.48. The van der Waals surface area contributed by atoms with Gasteiger partial charge in [0.25, 0.3) is 0 Å². The highest BCUT2D eigenvalue weighted by Crippen LogP contribution is 2.14. The standard InChI is InChI=1S/C9H14N2O3.ClH/c1-2-14-9(13)8-7(10)3-4-11(8)5-6-12;/h3-4,12H,2,5-6,10H2,1H3;1H. The topological polar surface area (TPSA) is 77.5 Å². The maximum absolute atomic E-state index is 11.4. The molecule has 1 aromatic heterocycles. The van der Waals surface area contributed by atoms with Crippen LogP contribution in [-0.2, 0) is 11.3 Å². The Morgan fingerprint density at radius 3 is 2.87 bits per heavy atom. The van der Waals surface area contributed by atoms with Gasteiger partial charge in [0.1, 0.15) is 0 Å². The van der Waals surface area contributed by atoms with Gasteiger partial charge in [0.2, 0.25) is 0 Å². The molecule has 0 unspecified atom stereocenters. The summed E-state index contributed by atoms with van der Waals surface area (Å²) >= 11 is 0. The molecule has 0 aliphatic heterocycles. The van der Waals surface area contributed by atoms with E-state index < -0.39 is 5.97 Å². The summed E-state index contributed by atoms with van der Waals surface area (Å²) in [6, 6.07) is 1.61. The number of carbonyl (C=O) groups is 1. The number of aliphatic hydroxyl groups is 1. The quantitative estimate of drug-likeness (QED) is 0.751. The summed E-state index contributed by atoms with van der Waals surface area (Å²) in [6.07, 6.45) is 1.65. The van der Waals surface area contributed by atoms with Crippen molar-refractivity contribution in [3.8, 4) is 0 Å². The molecule has 0 bridgehead atoms. The van der Waals surface area contributed by atoms with Gasteiger partial charge in [0, 0.05) is 12.7 Å². The molecule has 0 amide bonds. The molecular weight excluding hydrogens is 220 g/mol. The van der Waals surface area contributed by atoms with E-state index in [0.29, 0.717) is 24.5 Å². The Morgan fingerprint density at radius 1 is 1.67 bits per heavy atom. The minimum Gasteiger partial charge on any atom is -0.461 e. The van der Waals surface area contributed by atoms with E-state index in [1.54, 1.807) is 23.8 Å². The zero-order chi connectivity index (χ0) is 10.6. The molecule has 1 rings (SSSR count). The SMILES string of the molecule is CCOC(=O)c1c(N)ccn1CCO.Cl. The number of nitrogen functional groups attached to an aromatic ring is 1. The molecule has 0 aromatic carbocycles. The Bertz CT molecular complexity index is 325. The number of nitrogens with two attached hydrogens (primary N) is 1. The Kier molecular flexibility index (Phi) is 5.81. The van der Waals surface area contributed by atoms with E-state index in [-0.39, 0.29) is 19.0 Å². The van der Waals surface area contributed by atoms with Crippen LogP contribution in [0.3, 0.4) is 0 Å². The van der Waals surface area contributed by atoms with Gasteiger partial charge < -0.3 is 20.1 Å². The zero-order valence-electron chi connectivity index (χ0n) is 8.47. The average molecular weight is 235 g/mol. The minimum atomic E-state index is -0.455. The first kappa shape index (κ1) is 13.8. The van der Waals surface area contributed by atoms with Gasteiger partial charge in [-0.3, -0.25) is 0 Å². The summed E-state index contributed by atoms with van der Waals surface area (Å²) in [6.45, 7) is 2.34. The molecule has 15 heavy (non-hydrogen) atoms. The van der Waals surface area contributed by atoms with E-state index in [4.69, 9.17) is 15.6 Å². The molecule has 5 nitrogen and oxygen atoms in total. The lowest BCUT2D eigenvalue weighted by Gasteiger charge is -2.07. The van der Waals surface area contributed by atoms with Gasteiger partial charge in [-0.2, -0.15) is 0 Å². The molecule has 3 N–H and O–H groups in total. The molecule has 6 heteroatoms. The lowest BCUT2D eigenvalue weighted by atomic mass is 10.3. The molecule has 86 valence electrons. The highest BCUT2D eigenvalue weighted by molar-refractivity contribution is 5.93. The highest BCUT2D eigenvalue weighted by Gasteiger charge is 2.15. The van der Waals surface area contributed by atoms with Crippen LogP contribution in [-0.4, -0.2) is 28.9 Å². The number of hydrogen-bond acceptors (Lipinski definition) is 4. The molecular formula is C9H15ClN2O3. The van der Waals surface area contributed by atoms with Gasteiger partial charge in [-0.25, -0.2) is 4.79 Å². The third kappa shape index (κ3) is 3.14. The number of aromatic nitrogens is 1. The van der Waals surface area contributed by atoms with Crippen molar-refractivity contribution in [1.29, 1.82) is 0 Å². The summed E-state index contributed by atoms with van der Waals surface area (Å²) in [5, 5.41) is 8.75. The van der Waals surface area contributed by atoms with Gasteiger partial charge >= 0.3 is 5.97 Å². The fourth-order valence-electron chi connectivity index (χ4n) is 1.22. The number of anilines is 1. The first-order valence-corrected chi connectivity index (χ1v) is 4.43. The van der Waals surface area contributed by atoms with Crippen LogP contribution < -0.4 is 5.73 Å². The van der Waals surface area contributed by atoms with E-state index in [1.807, 2.05) is 0 Å². The molecule has 0 saturated carbocycles. The van der Waals surface area contributed by atoms with Crippen molar-refractivity contribution >= 4 is 24.1 Å². The van der Waals surface area contributed by atoms with Crippen molar-refractivity contribution in [2.45, 2.75) is 13.5 Å². The van der Waals surface area contributed by atoms with E-state index in [9.17, 15) is 4.79 Å². The smallest absolute Gasteiger partial charge is 0.357 e. The molecule has 0 atom stereocenters. The van der Waals surface area contributed by atoms with Crippen molar-refractivity contribution in [1.82, 2.24) is 4.57 Å². The summed E-state index contributed by atoms with van der Waals surface area (Å²) in [7, 11) is 0. The molecule has 0 spiro atoms. The molecule has 0 aliphatic rings. The Balaban J connectivity index is 0.00000196. The Morgan fingerprint density at radius 2 is 2.33 bits per heavy atom. The maximum Gasteiger partial charge on any atom is 0.357 e. The van der Waals surface area contributed by atoms with Crippen LogP contribution in [0.1, 0.15) is 17.4 Å². The monoisotopic (exact) mass is 234 g/mol. The van der Waals surface area contributed by atoms with Gasteiger partial charge in [0.05, 0.1) is 18.9 Å². The van der Waals surface area contributed by atoms with Gasteiger partial charge in [-0.15, -0.1) is 12.4 Å². The van der Waals surface area contributed by atoms with Crippen LogP contribution in [0.15, 0.2) is 12.3 Å². The third-order valence-electron chi connectivity index (χ3n) is 1.80. The van der Waals surface area contributed by atoms with Crippen LogP contribution in [0.25, 0.3) is 0 Å². The minimum absolute atomic E-state index is 0. The van der Waals surface area contributed by atoms with Crippen molar-refractivity contribution in [2.24, 2.45) is 0 Å². The first-order valence-electron chi connectivity index (χ1n) is 4.43. The fourth-order valence-corrected chi connectivity index (χ4v) is 1.22. The van der Waals surface area contributed by atoms with Crippen molar-refractivity contribution in [3.05, 3.63) is 18.0 Å². The van der Waals surface area contributed by atoms with E-state index in [2.05, 4.69) is 0 Å². The summed E-state index contributed by atoms with van der Waals surface area (Å²) < 4.78 is 6.41. The number of aliphatic hydroxyl groups excluding tert-OH is 1. The summed E-state index contributed by atoms with van der Waals surface area (Å²) in [5.74, 6) is -0.455. The molecule has 0 aliphatic carbocycles. The molecule has 0 radical (unpaired) electrons. The second kappa shape index (κ2) is 6.31. The van der Waals surface area contributed by atoms with Crippen molar-refractivity contribution in [3.63, 3.8) is 0 Å². The van der Waals surface area contributed by atoms with E-state index in [0.717, 1.165) is 0 Å². The van der Waals surface area contributed by atoms with Crippen LogP contribution >= 0.6 is 12.4 Å². The highest BCUT2D eigenvalue weighted by atomic mass is 35.5. The number of carbonyl (C=O) groups excluding carboxylic acids is 1. The predicted octanol–water partition coefficient (Wildman–Crippen LogP) is 0.661. The van der Waals surface area contributed by atoms with E-state index >= 15 is 0 Å². The molecule has 0 saturated heterocycles. The number of esters is 1. The van der Waals surface area contributed by atoms with Gasteiger partial charge in [-0.05, 0) is 13.0 Å². The second-order valence-electron chi connectivity index (χ2n) is 2.76. The predicted molar refractivity (Wildman–Crippen MR) is 59.1 cm³/mol. The number of ether oxygens (including phenoxy) is 1. The number of rotatable bonds is 4. The van der Waals surface area contributed by atoms with Crippen LogP contribution in [0.5, 0.6) is 0 Å². The van der Waals surface area contributed by atoms with Crippen LogP contribution in [0, 0.1) is 0 Å². The zero-order valence-corrected chi connectivity index (χ0v) is 9.29. The van der Waals surface area contributed by atoms with Crippen molar-refractivity contribution in [2.75, 3.05) is 18.9 Å². The Labute approximate surface area is 94.2 Å². The van der Waals surface area contributed by atoms with Crippen molar-refractivity contribution < 1.29 is 14.6 Å². The number of nitrogens with zero attached hydrogens (tertiary/aromatic N) is 1. The summed E-state index contributed by atoms with van der Waals surface area (Å²) in [5.41, 5.74) is 6.28. The first-order chi connectivity index (χ1) is 6.70. The second-order valence-corrected chi connectivity index (χ2v) is 2.76. The third-order valence-corrected chi connectivity index (χ3v) is 1.80. The largest absolute Gasteiger partial charge is 0.461 e. The Hall–Kier alpha value is -1.20. The maximum atomic E-state index is 11.4.